The fourth-order valence-corrected chi connectivity index (χ4v) is 2.82. The number of hydrogen-bond acceptors (Lipinski definition) is 2. The van der Waals surface area contributed by atoms with Crippen molar-refractivity contribution in [3.63, 3.8) is 0 Å². The number of nitrogens with zero attached hydrogens (tertiary/aromatic N) is 1. The molecule has 1 amide bonds. The highest BCUT2D eigenvalue weighted by molar-refractivity contribution is 5.78. The molecule has 0 N–H and O–H groups in total. The topological polar surface area (TPSA) is 29.5 Å². The third-order valence-corrected chi connectivity index (χ3v) is 3.82. The molecule has 1 aromatic carbocycles. The second-order valence-corrected chi connectivity index (χ2v) is 5.41. The average molecular weight is 261 g/mol. The van der Waals surface area contributed by atoms with Crippen molar-refractivity contribution >= 4 is 5.91 Å². The van der Waals surface area contributed by atoms with Gasteiger partial charge in [-0.05, 0) is 38.7 Å². The van der Waals surface area contributed by atoms with Crippen molar-refractivity contribution in [2.24, 2.45) is 0 Å². The molecule has 2 atom stereocenters. The summed E-state index contributed by atoms with van der Waals surface area (Å²) in [4.78, 5) is 14.2. The highest BCUT2D eigenvalue weighted by Crippen LogP contribution is 2.22. The number of hydrogen-bond donors (Lipinski definition) is 0. The lowest BCUT2D eigenvalue weighted by molar-refractivity contribution is -0.142. The Hall–Kier alpha value is -1.35. The van der Waals surface area contributed by atoms with Crippen molar-refractivity contribution in [3.05, 3.63) is 35.9 Å². The van der Waals surface area contributed by atoms with E-state index in [0.29, 0.717) is 18.7 Å². The van der Waals surface area contributed by atoms with Crippen molar-refractivity contribution in [1.82, 2.24) is 4.90 Å². The molecule has 104 valence electrons. The maximum Gasteiger partial charge on any atom is 0.249 e. The molecule has 3 heteroatoms. The minimum atomic E-state index is 0.121. The van der Waals surface area contributed by atoms with E-state index in [-0.39, 0.29) is 12.5 Å². The van der Waals surface area contributed by atoms with Gasteiger partial charge in [-0.2, -0.15) is 0 Å². The molecule has 0 saturated carbocycles. The van der Waals surface area contributed by atoms with Crippen LogP contribution in [0.5, 0.6) is 0 Å². The van der Waals surface area contributed by atoms with Crippen LogP contribution in [-0.2, 0) is 16.1 Å². The summed E-state index contributed by atoms with van der Waals surface area (Å²) < 4.78 is 5.54. The Labute approximate surface area is 115 Å². The van der Waals surface area contributed by atoms with E-state index < -0.39 is 0 Å². The van der Waals surface area contributed by atoms with Crippen molar-refractivity contribution in [1.29, 1.82) is 0 Å². The summed E-state index contributed by atoms with van der Waals surface area (Å²) in [6.07, 6.45) is 3.43. The van der Waals surface area contributed by atoms with Crippen molar-refractivity contribution in [2.75, 3.05) is 6.61 Å². The quantitative estimate of drug-likeness (QED) is 0.834. The molecule has 19 heavy (non-hydrogen) atoms. The standard InChI is InChI=1S/C16H23NO2/c1-13-7-6-8-14(2)17(13)16(18)12-19-11-15-9-4-3-5-10-15/h3-5,9-10,13-14H,6-8,11-12H2,1-2H3/t13-,14+. The Balaban J connectivity index is 1.80. The van der Waals surface area contributed by atoms with Gasteiger partial charge in [0.25, 0.3) is 0 Å². The summed E-state index contributed by atoms with van der Waals surface area (Å²) in [5.41, 5.74) is 1.11. The van der Waals surface area contributed by atoms with Crippen LogP contribution in [0.3, 0.4) is 0 Å². The molecule has 1 saturated heterocycles. The second kappa shape index (κ2) is 6.71. The Morgan fingerprint density at radius 1 is 1.21 bits per heavy atom. The zero-order valence-corrected chi connectivity index (χ0v) is 11.8. The Morgan fingerprint density at radius 3 is 2.47 bits per heavy atom. The van der Waals surface area contributed by atoms with E-state index in [2.05, 4.69) is 13.8 Å². The molecule has 2 rings (SSSR count). The predicted molar refractivity (Wildman–Crippen MR) is 75.7 cm³/mol. The largest absolute Gasteiger partial charge is 0.367 e. The Morgan fingerprint density at radius 2 is 1.84 bits per heavy atom. The lowest BCUT2D eigenvalue weighted by Gasteiger charge is -2.39. The Bertz CT molecular complexity index is 394. The van der Waals surface area contributed by atoms with Gasteiger partial charge in [0.2, 0.25) is 5.91 Å². The first kappa shape index (κ1) is 14.1. The van der Waals surface area contributed by atoms with E-state index in [9.17, 15) is 4.79 Å². The molecule has 0 spiro atoms. The molecule has 0 aliphatic carbocycles. The third-order valence-electron chi connectivity index (χ3n) is 3.82. The van der Waals surface area contributed by atoms with Crippen LogP contribution in [0.2, 0.25) is 0 Å². The molecule has 1 aliphatic rings. The first-order valence-electron chi connectivity index (χ1n) is 7.11. The van der Waals surface area contributed by atoms with Crippen LogP contribution in [0.1, 0.15) is 38.7 Å². The van der Waals surface area contributed by atoms with Gasteiger partial charge in [0, 0.05) is 12.1 Å². The van der Waals surface area contributed by atoms with Gasteiger partial charge < -0.3 is 9.64 Å². The summed E-state index contributed by atoms with van der Waals surface area (Å²) >= 11 is 0. The van der Waals surface area contributed by atoms with Gasteiger partial charge in [0.1, 0.15) is 6.61 Å². The van der Waals surface area contributed by atoms with E-state index in [1.54, 1.807) is 0 Å². The molecule has 1 heterocycles. The fourth-order valence-electron chi connectivity index (χ4n) is 2.82. The zero-order chi connectivity index (χ0) is 13.7. The molecule has 1 fully saturated rings. The Kier molecular flexibility index (Phi) is 4.97. The van der Waals surface area contributed by atoms with E-state index in [4.69, 9.17) is 4.74 Å². The lowest BCUT2D eigenvalue weighted by atomic mass is 9.97. The summed E-state index contributed by atoms with van der Waals surface area (Å²) in [6.45, 7) is 4.95. The maximum atomic E-state index is 12.2. The molecular formula is C16H23NO2. The molecule has 3 nitrogen and oxygen atoms in total. The monoisotopic (exact) mass is 261 g/mol. The summed E-state index contributed by atoms with van der Waals surface area (Å²) in [7, 11) is 0. The minimum absolute atomic E-state index is 0.121. The number of carbonyl (C=O) groups is 1. The summed E-state index contributed by atoms with van der Waals surface area (Å²) in [5, 5.41) is 0. The zero-order valence-electron chi connectivity index (χ0n) is 11.8. The smallest absolute Gasteiger partial charge is 0.249 e. The van der Waals surface area contributed by atoms with E-state index in [1.165, 1.54) is 6.42 Å². The second-order valence-electron chi connectivity index (χ2n) is 5.41. The van der Waals surface area contributed by atoms with Crippen LogP contribution in [0, 0.1) is 0 Å². The highest BCUT2D eigenvalue weighted by atomic mass is 16.5. The van der Waals surface area contributed by atoms with Gasteiger partial charge in [-0.3, -0.25) is 4.79 Å². The van der Waals surface area contributed by atoms with Gasteiger partial charge in [-0.1, -0.05) is 30.3 Å². The predicted octanol–water partition coefficient (Wildman–Crippen LogP) is 2.99. The molecule has 0 bridgehead atoms. The first-order valence-corrected chi connectivity index (χ1v) is 7.11. The van der Waals surface area contributed by atoms with E-state index in [1.807, 2.05) is 35.2 Å². The normalized spacial score (nSPS) is 23.4. The SMILES string of the molecule is C[C@@H]1CCC[C@H](C)N1C(=O)COCc1ccccc1. The number of amides is 1. The molecule has 0 aromatic heterocycles. The van der Waals surface area contributed by atoms with E-state index in [0.717, 1.165) is 18.4 Å². The third kappa shape index (κ3) is 3.80. The molecule has 0 radical (unpaired) electrons. The molecule has 1 aromatic rings. The first-order chi connectivity index (χ1) is 9.18. The number of likely N-dealkylation sites (tertiary alicyclic amines) is 1. The molecule has 1 aliphatic heterocycles. The maximum absolute atomic E-state index is 12.2. The number of carbonyl (C=O) groups excluding carboxylic acids is 1. The van der Waals surface area contributed by atoms with Gasteiger partial charge in [-0.15, -0.1) is 0 Å². The number of rotatable bonds is 4. The molecule has 0 unspecified atom stereocenters. The van der Waals surface area contributed by atoms with Gasteiger partial charge in [-0.25, -0.2) is 0 Å². The number of benzene rings is 1. The lowest BCUT2D eigenvalue weighted by Crippen LogP contribution is -2.48. The highest BCUT2D eigenvalue weighted by Gasteiger charge is 2.28. The van der Waals surface area contributed by atoms with Crippen LogP contribution >= 0.6 is 0 Å². The average Bonchev–Trinajstić information content (AvgIpc) is 2.40. The van der Waals surface area contributed by atoms with Crippen LogP contribution in [0.15, 0.2) is 30.3 Å². The minimum Gasteiger partial charge on any atom is -0.367 e. The number of ether oxygens (including phenoxy) is 1. The van der Waals surface area contributed by atoms with Crippen LogP contribution in [-0.4, -0.2) is 29.5 Å². The summed E-state index contributed by atoms with van der Waals surface area (Å²) in [6, 6.07) is 10.6. The van der Waals surface area contributed by atoms with Crippen LogP contribution in [0.4, 0.5) is 0 Å². The van der Waals surface area contributed by atoms with Crippen molar-refractivity contribution in [2.45, 2.75) is 51.8 Å². The van der Waals surface area contributed by atoms with Crippen LogP contribution in [0.25, 0.3) is 0 Å². The van der Waals surface area contributed by atoms with E-state index >= 15 is 0 Å². The number of piperidine rings is 1. The van der Waals surface area contributed by atoms with Crippen molar-refractivity contribution in [3.8, 4) is 0 Å². The summed E-state index contributed by atoms with van der Waals surface area (Å²) in [5.74, 6) is 0.121. The van der Waals surface area contributed by atoms with Crippen LogP contribution < -0.4 is 0 Å². The van der Waals surface area contributed by atoms with Gasteiger partial charge in [0.15, 0.2) is 0 Å². The van der Waals surface area contributed by atoms with Crippen molar-refractivity contribution < 1.29 is 9.53 Å². The van der Waals surface area contributed by atoms with Gasteiger partial charge >= 0.3 is 0 Å². The fraction of sp³-hybridized carbons (Fsp3) is 0.562. The molecular weight excluding hydrogens is 238 g/mol. The van der Waals surface area contributed by atoms with Gasteiger partial charge in [0.05, 0.1) is 6.61 Å².